The van der Waals surface area contributed by atoms with E-state index in [9.17, 15) is 0 Å². The molecule has 0 bridgehead atoms. The molecule has 0 aromatic heterocycles. The van der Waals surface area contributed by atoms with Gasteiger partial charge in [-0.05, 0) is 6.92 Å². The molecule has 7 heavy (non-hydrogen) atoms. The van der Waals surface area contributed by atoms with Crippen LogP contribution in [0.5, 0.6) is 0 Å². The number of hydrogen-bond acceptors (Lipinski definition) is 1. The monoisotopic (exact) mass is 96.1 g/mol. The lowest BCUT2D eigenvalue weighted by molar-refractivity contribution is 0.321. The minimum atomic E-state index is 0.521. The second-order valence-electron chi connectivity index (χ2n) is 0.998. The maximum atomic E-state index is 4.76. The average molecular weight is 96.1 g/mol. The fourth-order valence-electron chi connectivity index (χ4n) is 0.192. The Hall–Kier alpha value is -0.900. The van der Waals surface area contributed by atoms with Crippen LogP contribution in [-0.4, -0.2) is 6.61 Å². The summed E-state index contributed by atoms with van der Waals surface area (Å²) in [5.41, 5.74) is 0. The summed E-state index contributed by atoms with van der Waals surface area (Å²) in [6, 6.07) is 0. The van der Waals surface area contributed by atoms with Crippen LogP contribution in [0.25, 0.3) is 0 Å². The van der Waals surface area contributed by atoms with Crippen LogP contribution < -0.4 is 0 Å². The van der Waals surface area contributed by atoms with Gasteiger partial charge in [-0.1, -0.05) is 18.6 Å². The summed E-state index contributed by atoms with van der Waals surface area (Å²) >= 11 is 0. The number of rotatable bonds is 2. The minimum absolute atomic E-state index is 0.521. The maximum absolute atomic E-state index is 4.76. The third-order valence-electron chi connectivity index (χ3n) is 0.499. The Morgan fingerprint density at radius 1 is 1.86 bits per heavy atom. The van der Waals surface area contributed by atoms with Crippen molar-refractivity contribution in [3.05, 3.63) is 12.2 Å². The van der Waals surface area contributed by atoms with Gasteiger partial charge in [0.25, 0.3) is 0 Å². The molecule has 0 aromatic carbocycles. The second kappa shape index (κ2) is 5.10. The second-order valence-corrected chi connectivity index (χ2v) is 0.998. The highest BCUT2D eigenvalue weighted by molar-refractivity contribution is 4.79. The van der Waals surface area contributed by atoms with Gasteiger partial charge in [0, 0.05) is 0 Å². The molecule has 0 aliphatic carbocycles. The summed E-state index contributed by atoms with van der Waals surface area (Å²) in [6.45, 7) is 2.44. The van der Waals surface area contributed by atoms with Crippen LogP contribution in [0, 0.1) is 12.5 Å². The van der Waals surface area contributed by atoms with Crippen molar-refractivity contribution in [3.63, 3.8) is 0 Å². The standard InChI is InChI=1S/C6H8O/c1-3-5-6-7-4-2/h2-3,5H,6H2,1H3. The van der Waals surface area contributed by atoms with Crippen LogP contribution in [0.15, 0.2) is 12.2 Å². The van der Waals surface area contributed by atoms with E-state index in [1.807, 2.05) is 19.1 Å². The van der Waals surface area contributed by atoms with Gasteiger partial charge in [-0.3, -0.25) is 0 Å². The van der Waals surface area contributed by atoms with Crippen LogP contribution in [0.2, 0.25) is 0 Å². The third kappa shape index (κ3) is 5.10. The quantitative estimate of drug-likeness (QED) is 0.285. The zero-order valence-electron chi connectivity index (χ0n) is 4.35. The van der Waals surface area contributed by atoms with Gasteiger partial charge in [-0.2, -0.15) is 0 Å². The molecule has 0 saturated carbocycles. The van der Waals surface area contributed by atoms with Crippen molar-refractivity contribution in [2.24, 2.45) is 0 Å². The summed E-state index contributed by atoms with van der Waals surface area (Å²) in [5.74, 6) is 0. The Labute approximate surface area is 44.0 Å². The minimum Gasteiger partial charge on any atom is -0.443 e. The van der Waals surface area contributed by atoms with E-state index in [4.69, 9.17) is 6.42 Å². The average Bonchev–Trinajstić information content (AvgIpc) is 1.69. The van der Waals surface area contributed by atoms with E-state index < -0.39 is 0 Å². The lowest BCUT2D eigenvalue weighted by Crippen LogP contribution is -1.77. The Morgan fingerprint density at radius 2 is 2.57 bits per heavy atom. The van der Waals surface area contributed by atoms with E-state index in [1.54, 1.807) is 0 Å². The molecule has 0 saturated heterocycles. The maximum Gasteiger partial charge on any atom is 0.118 e. The van der Waals surface area contributed by atoms with Gasteiger partial charge in [-0.25, -0.2) is 0 Å². The predicted octanol–water partition coefficient (Wildman–Crippen LogP) is 1.17. The molecule has 0 aliphatic heterocycles. The number of allylic oxidation sites excluding steroid dienone is 1. The molecule has 0 aromatic rings. The summed E-state index contributed by atoms with van der Waals surface area (Å²) in [6.07, 6.45) is 10.5. The highest BCUT2D eigenvalue weighted by Gasteiger charge is 1.65. The van der Waals surface area contributed by atoms with Gasteiger partial charge < -0.3 is 4.74 Å². The topological polar surface area (TPSA) is 9.23 Å². The molecule has 0 atom stereocenters. The number of terminal acetylenes is 1. The van der Waals surface area contributed by atoms with Gasteiger partial charge in [-0.15, -0.1) is 0 Å². The van der Waals surface area contributed by atoms with Crippen molar-refractivity contribution < 1.29 is 4.74 Å². The molecule has 0 N–H and O–H groups in total. The molecule has 1 heteroatoms. The van der Waals surface area contributed by atoms with E-state index in [0.29, 0.717) is 6.61 Å². The Kier molecular flexibility index (Phi) is 4.44. The first-order valence-corrected chi connectivity index (χ1v) is 2.10. The first kappa shape index (κ1) is 6.10. The van der Waals surface area contributed by atoms with Crippen molar-refractivity contribution in [1.82, 2.24) is 0 Å². The highest BCUT2D eigenvalue weighted by Crippen LogP contribution is 1.71. The first-order valence-electron chi connectivity index (χ1n) is 2.10. The van der Waals surface area contributed by atoms with Crippen LogP contribution in [0.4, 0.5) is 0 Å². The zero-order valence-corrected chi connectivity index (χ0v) is 4.35. The predicted molar refractivity (Wildman–Crippen MR) is 29.6 cm³/mol. The van der Waals surface area contributed by atoms with Gasteiger partial charge in [0.2, 0.25) is 0 Å². The summed E-state index contributed by atoms with van der Waals surface area (Å²) in [7, 11) is 0. The molecule has 0 unspecified atom stereocenters. The molecule has 38 valence electrons. The summed E-state index contributed by atoms with van der Waals surface area (Å²) in [4.78, 5) is 0. The van der Waals surface area contributed by atoms with Crippen LogP contribution in [0.3, 0.4) is 0 Å². The van der Waals surface area contributed by atoms with Crippen LogP contribution in [-0.2, 0) is 4.74 Å². The molecule has 1 nitrogen and oxygen atoms in total. The van der Waals surface area contributed by atoms with Gasteiger partial charge >= 0.3 is 0 Å². The van der Waals surface area contributed by atoms with Gasteiger partial charge in [0.15, 0.2) is 0 Å². The molecule has 0 rings (SSSR count). The highest BCUT2D eigenvalue weighted by atomic mass is 16.5. The molecule has 0 heterocycles. The van der Waals surface area contributed by atoms with Gasteiger partial charge in [0.1, 0.15) is 12.7 Å². The summed E-state index contributed by atoms with van der Waals surface area (Å²) < 4.78 is 4.51. The fraction of sp³-hybridized carbons (Fsp3) is 0.333. The zero-order chi connectivity index (χ0) is 5.54. The number of ether oxygens (including phenoxy) is 1. The molecule has 0 fully saturated rings. The number of hydrogen-bond donors (Lipinski definition) is 0. The van der Waals surface area contributed by atoms with Crippen molar-refractivity contribution >= 4 is 0 Å². The molecular formula is C6H8O. The molecule has 0 radical (unpaired) electrons. The lowest BCUT2D eigenvalue weighted by Gasteiger charge is -1.83. The van der Waals surface area contributed by atoms with Crippen LogP contribution >= 0.6 is 0 Å². The van der Waals surface area contributed by atoms with Crippen molar-refractivity contribution in [2.45, 2.75) is 6.92 Å². The van der Waals surface area contributed by atoms with E-state index in [0.717, 1.165) is 0 Å². The Balaban J connectivity index is 2.87. The fourth-order valence-corrected chi connectivity index (χ4v) is 0.192. The molecular weight excluding hydrogens is 88.1 g/mol. The SMILES string of the molecule is C#COCC=CC. The third-order valence-corrected chi connectivity index (χ3v) is 0.499. The Morgan fingerprint density at radius 3 is 3.00 bits per heavy atom. The van der Waals surface area contributed by atoms with E-state index in [-0.39, 0.29) is 0 Å². The first-order chi connectivity index (χ1) is 3.41. The largest absolute Gasteiger partial charge is 0.443 e. The van der Waals surface area contributed by atoms with Crippen molar-refractivity contribution in [3.8, 4) is 12.5 Å². The normalized spacial score (nSPS) is 8.57. The molecule has 0 aliphatic rings. The van der Waals surface area contributed by atoms with E-state index in [1.165, 1.54) is 0 Å². The molecule has 0 amide bonds. The van der Waals surface area contributed by atoms with E-state index >= 15 is 0 Å². The van der Waals surface area contributed by atoms with Crippen molar-refractivity contribution in [2.75, 3.05) is 6.61 Å². The van der Waals surface area contributed by atoms with Crippen LogP contribution in [0.1, 0.15) is 6.92 Å². The Bertz CT molecular complexity index is 86.8. The van der Waals surface area contributed by atoms with Gasteiger partial charge in [0.05, 0.1) is 0 Å². The van der Waals surface area contributed by atoms with E-state index in [2.05, 4.69) is 10.8 Å². The summed E-state index contributed by atoms with van der Waals surface area (Å²) in [5, 5.41) is 0. The smallest absolute Gasteiger partial charge is 0.118 e. The lowest BCUT2D eigenvalue weighted by atomic mass is 10.6. The van der Waals surface area contributed by atoms with Crippen molar-refractivity contribution in [1.29, 1.82) is 0 Å². The molecule has 0 spiro atoms.